The third kappa shape index (κ3) is 2.18. The van der Waals surface area contributed by atoms with Crippen LogP contribution in [0.5, 0.6) is 0 Å². The van der Waals surface area contributed by atoms with Crippen molar-refractivity contribution in [2.24, 2.45) is 0 Å². The minimum atomic E-state index is 0.0831. The smallest absolute Gasteiger partial charge is 0.228 e. The van der Waals surface area contributed by atoms with Crippen LogP contribution in [0.2, 0.25) is 0 Å². The molecule has 0 bridgehead atoms. The van der Waals surface area contributed by atoms with Gasteiger partial charge in [-0.25, -0.2) is 0 Å². The Morgan fingerprint density at radius 2 is 2.14 bits per heavy atom. The normalized spacial score (nSPS) is 15.2. The van der Waals surface area contributed by atoms with Crippen LogP contribution in [0, 0.1) is 0 Å². The SMILES string of the molecule is CNC(c1ccc2c(c1)CC(=O)N2)c1cc2sccc2s1. The van der Waals surface area contributed by atoms with E-state index in [0.29, 0.717) is 6.42 Å². The lowest BCUT2D eigenvalue weighted by Gasteiger charge is -2.16. The van der Waals surface area contributed by atoms with Crippen molar-refractivity contribution < 1.29 is 4.79 Å². The van der Waals surface area contributed by atoms with E-state index in [-0.39, 0.29) is 11.9 Å². The molecule has 5 heteroatoms. The number of nitrogens with one attached hydrogen (secondary N) is 2. The first-order valence-electron chi connectivity index (χ1n) is 6.81. The van der Waals surface area contributed by atoms with Gasteiger partial charge in [-0.3, -0.25) is 4.79 Å². The molecule has 2 N–H and O–H groups in total. The van der Waals surface area contributed by atoms with Crippen LogP contribution in [0.1, 0.15) is 22.0 Å². The summed E-state index contributed by atoms with van der Waals surface area (Å²) in [7, 11) is 1.98. The van der Waals surface area contributed by atoms with Gasteiger partial charge in [0.25, 0.3) is 0 Å². The van der Waals surface area contributed by atoms with E-state index in [4.69, 9.17) is 0 Å². The molecule has 0 saturated carbocycles. The summed E-state index contributed by atoms with van der Waals surface area (Å²) in [6.45, 7) is 0. The Balaban J connectivity index is 1.74. The molecule has 1 aliphatic heterocycles. The maximum Gasteiger partial charge on any atom is 0.228 e. The zero-order valence-corrected chi connectivity index (χ0v) is 13.1. The van der Waals surface area contributed by atoms with Crippen molar-refractivity contribution in [3.05, 3.63) is 51.7 Å². The van der Waals surface area contributed by atoms with E-state index in [1.54, 1.807) is 11.3 Å². The van der Waals surface area contributed by atoms with Crippen molar-refractivity contribution in [2.75, 3.05) is 12.4 Å². The zero-order chi connectivity index (χ0) is 14.4. The lowest BCUT2D eigenvalue weighted by molar-refractivity contribution is -0.115. The topological polar surface area (TPSA) is 41.1 Å². The lowest BCUT2D eigenvalue weighted by atomic mass is 10.0. The Morgan fingerprint density at radius 3 is 2.95 bits per heavy atom. The second-order valence-corrected chi connectivity index (χ2v) is 7.22. The number of amides is 1. The molecular weight excluding hydrogens is 300 g/mol. The number of rotatable bonds is 3. The second kappa shape index (κ2) is 4.94. The van der Waals surface area contributed by atoms with E-state index in [0.717, 1.165) is 11.3 Å². The van der Waals surface area contributed by atoms with Crippen LogP contribution in [0.3, 0.4) is 0 Å². The van der Waals surface area contributed by atoms with Gasteiger partial charge in [0.1, 0.15) is 0 Å². The molecule has 3 aromatic rings. The van der Waals surface area contributed by atoms with Gasteiger partial charge in [-0.15, -0.1) is 22.7 Å². The van der Waals surface area contributed by atoms with E-state index in [1.165, 1.54) is 19.8 Å². The molecule has 0 fully saturated rings. The van der Waals surface area contributed by atoms with Gasteiger partial charge in [0.05, 0.1) is 12.5 Å². The van der Waals surface area contributed by atoms with Crippen LogP contribution in [0.15, 0.2) is 35.7 Å². The summed E-state index contributed by atoms with van der Waals surface area (Å²) in [5.74, 6) is 0.0831. The minimum Gasteiger partial charge on any atom is -0.326 e. The summed E-state index contributed by atoms with van der Waals surface area (Å²) < 4.78 is 2.68. The zero-order valence-electron chi connectivity index (χ0n) is 11.5. The van der Waals surface area contributed by atoms with Gasteiger partial charge >= 0.3 is 0 Å². The molecule has 0 saturated heterocycles. The largest absolute Gasteiger partial charge is 0.326 e. The molecule has 1 aromatic carbocycles. The maximum atomic E-state index is 11.5. The number of hydrogen-bond acceptors (Lipinski definition) is 4. The van der Waals surface area contributed by atoms with Gasteiger partial charge < -0.3 is 10.6 Å². The summed E-state index contributed by atoms with van der Waals surface area (Å²) in [5.41, 5.74) is 3.25. The molecular formula is C16H14N2OS2. The molecule has 21 heavy (non-hydrogen) atoms. The highest BCUT2D eigenvalue weighted by atomic mass is 32.1. The van der Waals surface area contributed by atoms with Crippen LogP contribution >= 0.6 is 22.7 Å². The minimum absolute atomic E-state index is 0.0831. The van der Waals surface area contributed by atoms with Crippen molar-refractivity contribution in [1.82, 2.24) is 5.32 Å². The fourth-order valence-electron chi connectivity index (χ4n) is 2.83. The number of hydrogen-bond donors (Lipinski definition) is 2. The summed E-state index contributed by atoms with van der Waals surface area (Å²) >= 11 is 3.61. The predicted molar refractivity (Wildman–Crippen MR) is 89.4 cm³/mol. The van der Waals surface area contributed by atoms with Gasteiger partial charge in [-0.1, -0.05) is 12.1 Å². The summed E-state index contributed by atoms with van der Waals surface area (Å²) in [6, 6.07) is 10.9. The van der Waals surface area contributed by atoms with Crippen LogP contribution < -0.4 is 10.6 Å². The van der Waals surface area contributed by atoms with E-state index >= 15 is 0 Å². The van der Waals surface area contributed by atoms with E-state index in [1.807, 2.05) is 24.5 Å². The third-order valence-corrected chi connectivity index (χ3v) is 5.98. The van der Waals surface area contributed by atoms with Crippen LogP contribution in [-0.4, -0.2) is 13.0 Å². The van der Waals surface area contributed by atoms with E-state index < -0.39 is 0 Å². The molecule has 4 rings (SSSR count). The molecule has 0 spiro atoms. The average Bonchev–Trinajstić information content (AvgIpc) is 3.12. The molecule has 1 amide bonds. The molecule has 1 atom stereocenters. The Bertz CT molecular complexity index is 805. The van der Waals surface area contributed by atoms with Crippen molar-refractivity contribution in [2.45, 2.75) is 12.5 Å². The number of thiophene rings is 2. The molecule has 0 aliphatic carbocycles. The fourth-order valence-corrected chi connectivity index (χ4v) is 5.09. The Kier molecular flexibility index (Phi) is 3.06. The van der Waals surface area contributed by atoms with Crippen LogP contribution in [0.4, 0.5) is 5.69 Å². The van der Waals surface area contributed by atoms with Gasteiger partial charge in [-0.05, 0) is 41.8 Å². The first-order chi connectivity index (χ1) is 10.2. The number of fused-ring (bicyclic) bond motifs is 2. The highest BCUT2D eigenvalue weighted by molar-refractivity contribution is 7.27. The molecule has 1 unspecified atom stereocenters. The number of benzene rings is 1. The average molecular weight is 314 g/mol. The molecule has 3 nitrogen and oxygen atoms in total. The highest BCUT2D eigenvalue weighted by Gasteiger charge is 2.21. The van der Waals surface area contributed by atoms with Crippen LogP contribution in [0.25, 0.3) is 9.40 Å². The number of carbonyl (C=O) groups excluding carboxylic acids is 1. The van der Waals surface area contributed by atoms with Crippen LogP contribution in [-0.2, 0) is 11.2 Å². The van der Waals surface area contributed by atoms with Crippen molar-refractivity contribution in [1.29, 1.82) is 0 Å². The van der Waals surface area contributed by atoms with Crippen molar-refractivity contribution in [3.63, 3.8) is 0 Å². The summed E-state index contributed by atoms with van der Waals surface area (Å²) in [5, 5.41) is 8.41. The first kappa shape index (κ1) is 13.0. The lowest BCUT2D eigenvalue weighted by Crippen LogP contribution is -2.16. The second-order valence-electron chi connectivity index (χ2n) is 5.16. The fraction of sp³-hybridized carbons (Fsp3) is 0.188. The molecule has 0 radical (unpaired) electrons. The molecule has 3 heterocycles. The predicted octanol–water partition coefficient (Wildman–Crippen LogP) is 3.77. The van der Waals surface area contributed by atoms with E-state index in [2.05, 4.69) is 40.3 Å². The van der Waals surface area contributed by atoms with Gasteiger partial charge in [0.15, 0.2) is 0 Å². The summed E-state index contributed by atoms with van der Waals surface area (Å²) in [4.78, 5) is 12.8. The monoisotopic (exact) mass is 314 g/mol. The number of anilines is 1. The maximum absolute atomic E-state index is 11.5. The van der Waals surface area contributed by atoms with Gasteiger partial charge in [0, 0.05) is 20.0 Å². The molecule has 106 valence electrons. The van der Waals surface area contributed by atoms with Gasteiger partial charge in [0.2, 0.25) is 5.91 Å². The molecule has 1 aliphatic rings. The van der Waals surface area contributed by atoms with Gasteiger partial charge in [-0.2, -0.15) is 0 Å². The Hall–Kier alpha value is -1.69. The van der Waals surface area contributed by atoms with Crippen molar-refractivity contribution in [3.8, 4) is 0 Å². The first-order valence-corrected chi connectivity index (χ1v) is 8.51. The highest BCUT2D eigenvalue weighted by Crippen LogP contribution is 2.37. The third-order valence-electron chi connectivity index (χ3n) is 3.82. The standard InChI is InChI=1S/C16H14N2OS2/c1-17-16(14-8-13-12(21-14)4-5-20-13)9-2-3-11-10(6-9)7-15(19)18-11/h2-6,8,16-17H,7H2,1H3,(H,18,19). The summed E-state index contributed by atoms with van der Waals surface area (Å²) in [6.07, 6.45) is 0.485. The quantitative estimate of drug-likeness (QED) is 0.773. The Morgan fingerprint density at radius 1 is 1.24 bits per heavy atom. The number of carbonyl (C=O) groups is 1. The van der Waals surface area contributed by atoms with E-state index in [9.17, 15) is 4.79 Å². The molecule has 2 aromatic heterocycles. The Labute approximate surface area is 130 Å². The van der Waals surface area contributed by atoms with Crippen molar-refractivity contribution >= 4 is 43.7 Å².